The van der Waals surface area contributed by atoms with Crippen molar-refractivity contribution in [1.82, 2.24) is 0 Å². The molecule has 4 aliphatic carbocycles. The van der Waals surface area contributed by atoms with Crippen molar-refractivity contribution in [3.8, 4) is 0 Å². The molecule has 0 aliphatic heterocycles. The van der Waals surface area contributed by atoms with Gasteiger partial charge in [0, 0.05) is 5.92 Å². The molecule has 4 aliphatic rings. The summed E-state index contributed by atoms with van der Waals surface area (Å²) < 4.78 is 40.7. The molecule has 4 bridgehead atoms. The van der Waals surface area contributed by atoms with Gasteiger partial charge < -0.3 is 0 Å². The number of rotatable bonds is 2. The third-order valence-corrected chi connectivity index (χ3v) is 5.38. The van der Waals surface area contributed by atoms with Gasteiger partial charge in [-0.3, -0.25) is 4.79 Å². The Balaban J connectivity index is 2.06. The van der Waals surface area contributed by atoms with Crippen molar-refractivity contribution < 1.29 is 18.0 Å². The van der Waals surface area contributed by atoms with Gasteiger partial charge in [-0.05, 0) is 55.9 Å². The Kier molecular flexibility index (Phi) is 2.46. The number of hydrogen-bond acceptors (Lipinski definition) is 1. The summed E-state index contributed by atoms with van der Waals surface area (Å²) in [7, 11) is 0. The van der Waals surface area contributed by atoms with E-state index in [4.69, 9.17) is 0 Å². The molecule has 18 heavy (non-hydrogen) atoms. The average molecular weight is 258 g/mol. The minimum atomic E-state index is -4.26. The lowest BCUT2D eigenvalue weighted by Gasteiger charge is -2.60. The number of carbonyl (C=O) groups is 1. The predicted octanol–water partition coefficient (Wildman–Crippen LogP) is 3.75. The van der Waals surface area contributed by atoms with E-state index in [1.807, 2.05) is 0 Å². The van der Waals surface area contributed by atoms with Gasteiger partial charge in [-0.25, -0.2) is 0 Å². The molecule has 0 radical (unpaired) electrons. The molecule has 0 amide bonds. The fourth-order valence-corrected chi connectivity index (χ4v) is 5.08. The van der Waals surface area contributed by atoms with Crippen molar-refractivity contribution in [2.75, 3.05) is 0 Å². The van der Waals surface area contributed by atoms with Crippen molar-refractivity contribution in [3.05, 3.63) is 12.7 Å². The van der Waals surface area contributed by atoms with E-state index in [0.717, 1.165) is 25.3 Å². The van der Waals surface area contributed by atoms with Crippen LogP contribution < -0.4 is 0 Å². The van der Waals surface area contributed by atoms with E-state index in [-0.39, 0.29) is 30.6 Å². The Labute approximate surface area is 104 Å². The second kappa shape index (κ2) is 3.61. The number of carbonyl (C=O) groups excluding carboxylic acids is 1. The van der Waals surface area contributed by atoms with Crippen molar-refractivity contribution in [2.24, 2.45) is 29.1 Å². The molecule has 4 saturated carbocycles. The zero-order chi connectivity index (χ0) is 13.1. The molecule has 0 spiro atoms. The van der Waals surface area contributed by atoms with Crippen LogP contribution >= 0.6 is 0 Å². The van der Waals surface area contributed by atoms with Gasteiger partial charge in [-0.1, -0.05) is 6.58 Å². The Hall–Kier alpha value is -0.800. The summed E-state index contributed by atoms with van der Waals surface area (Å²) in [5.74, 6) is -0.960. The standard InChI is InChI=1S/C14H17F3O/c1-2-11(18)12-10-4-8-3-9(5-10)7-13(12,6-8)14(15,16)17/h2,8-10,12H,1,3-7H2. The van der Waals surface area contributed by atoms with Crippen molar-refractivity contribution >= 4 is 5.78 Å². The first-order valence-corrected chi connectivity index (χ1v) is 6.60. The van der Waals surface area contributed by atoms with E-state index in [2.05, 4.69) is 6.58 Å². The largest absolute Gasteiger partial charge is 0.395 e. The molecule has 100 valence electrons. The maximum Gasteiger partial charge on any atom is 0.395 e. The quantitative estimate of drug-likeness (QED) is 0.689. The summed E-state index contributed by atoms with van der Waals surface area (Å²) in [6.07, 6.45) is -0.297. The van der Waals surface area contributed by atoms with E-state index in [0.29, 0.717) is 0 Å². The highest BCUT2D eigenvalue weighted by atomic mass is 19.4. The van der Waals surface area contributed by atoms with Gasteiger partial charge in [-0.2, -0.15) is 13.2 Å². The molecule has 0 N–H and O–H groups in total. The van der Waals surface area contributed by atoms with Gasteiger partial charge in [-0.15, -0.1) is 0 Å². The molecular formula is C14H17F3O. The number of alkyl halides is 3. The summed E-state index contributed by atoms with van der Waals surface area (Å²) >= 11 is 0. The van der Waals surface area contributed by atoms with Crippen LogP contribution in [0.15, 0.2) is 12.7 Å². The topological polar surface area (TPSA) is 17.1 Å². The van der Waals surface area contributed by atoms with Gasteiger partial charge in [0.2, 0.25) is 0 Å². The summed E-state index contributed by atoms with van der Waals surface area (Å²) in [6.45, 7) is 3.39. The van der Waals surface area contributed by atoms with Crippen LogP contribution in [0.3, 0.4) is 0 Å². The molecule has 0 aromatic rings. The minimum Gasteiger partial charge on any atom is -0.295 e. The van der Waals surface area contributed by atoms with Gasteiger partial charge in [0.15, 0.2) is 5.78 Å². The molecule has 4 heteroatoms. The fourth-order valence-electron chi connectivity index (χ4n) is 5.08. The molecule has 0 saturated heterocycles. The molecule has 3 atom stereocenters. The van der Waals surface area contributed by atoms with Crippen LogP contribution in [0, 0.1) is 29.1 Å². The van der Waals surface area contributed by atoms with E-state index < -0.39 is 23.3 Å². The van der Waals surface area contributed by atoms with Crippen LogP contribution in [0.25, 0.3) is 0 Å². The maximum absolute atomic E-state index is 13.6. The van der Waals surface area contributed by atoms with E-state index in [1.54, 1.807) is 0 Å². The third kappa shape index (κ3) is 1.44. The maximum atomic E-state index is 13.6. The fraction of sp³-hybridized carbons (Fsp3) is 0.786. The van der Waals surface area contributed by atoms with Crippen LogP contribution in [0.1, 0.15) is 32.1 Å². The Morgan fingerprint density at radius 2 is 1.72 bits per heavy atom. The first kappa shape index (κ1) is 12.2. The molecule has 3 unspecified atom stereocenters. The number of halogens is 3. The lowest BCUT2D eigenvalue weighted by molar-refractivity contribution is -0.291. The normalized spacial score (nSPS) is 46.2. The smallest absolute Gasteiger partial charge is 0.295 e. The van der Waals surface area contributed by atoms with Crippen molar-refractivity contribution in [1.29, 1.82) is 0 Å². The monoisotopic (exact) mass is 258 g/mol. The average Bonchev–Trinajstić information content (AvgIpc) is 2.25. The summed E-state index contributed by atoms with van der Waals surface area (Å²) in [6, 6.07) is 0. The highest BCUT2D eigenvalue weighted by molar-refractivity contribution is 5.92. The van der Waals surface area contributed by atoms with Crippen molar-refractivity contribution in [2.45, 2.75) is 38.3 Å². The molecule has 4 fully saturated rings. The molecule has 0 aromatic heterocycles. The Morgan fingerprint density at radius 1 is 1.17 bits per heavy atom. The second-order valence-corrected chi connectivity index (χ2v) is 6.35. The molecule has 0 heterocycles. The summed E-state index contributed by atoms with van der Waals surface area (Å²) in [4.78, 5) is 11.9. The molecular weight excluding hydrogens is 241 g/mol. The van der Waals surface area contributed by atoms with Crippen LogP contribution in [-0.2, 0) is 4.79 Å². The van der Waals surface area contributed by atoms with Gasteiger partial charge in [0.25, 0.3) is 0 Å². The first-order valence-electron chi connectivity index (χ1n) is 6.60. The Bertz CT molecular complexity index is 384. The predicted molar refractivity (Wildman–Crippen MR) is 60.7 cm³/mol. The van der Waals surface area contributed by atoms with E-state index in [1.165, 1.54) is 0 Å². The lowest BCUT2D eigenvalue weighted by Crippen LogP contribution is -2.61. The van der Waals surface area contributed by atoms with Gasteiger partial charge in [0.1, 0.15) is 0 Å². The summed E-state index contributed by atoms with van der Waals surface area (Å²) in [5.41, 5.74) is -1.74. The van der Waals surface area contributed by atoms with Gasteiger partial charge >= 0.3 is 6.18 Å². The number of allylic oxidation sites excluding steroid dienone is 1. The number of hydrogen-bond donors (Lipinski definition) is 0. The molecule has 0 aromatic carbocycles. The van der Waals surface area contributed by atoms with E-state index in [9.17, 15) is 18.0 Å². The third-order valence-electron chi connectivity index (χ3n) is 5.38. The minimum absolute atomic E-state index is 0.0663. The summed E-state index contributed by atoms with van der Waals surface area (Å²) in [5, 5.41) is 0. The first-order chi connectivity index (χ1) is 8.37. The van der Waals surface area contributed by atoms with Crippen LogP contribution in [-0.4, -0.2) is 12.0 Å². The highest BCUT2D eigenvalue weighted by Crippen LogP contribution is 2.68. The molecule has 1 nitrogen and oxygen atoms in total. The lowest BCUT2D eigenvalue weighted by atomic mass is 9.44. The SMILES string of the molecule is C=CC(=O)C1C2CC3CC(C2)CC1(C(F)(F)F)C3. The van der Waals surface area contributed by atoms with Crippen molar-refractivity contribution in [3.63, 3.8) is 0 Å². The van der Waals surface area contributed by atoms with Gasteiger partial charge in [0.05, 0.1) is 5.41 Å². The van der Waals surface area contributed by atoms with Crippen LogP contribution in [0.2, 0.25) is 0 Å². The zero-order valence-corrected chi connectivity index (χ0v) is 10.2. The van der Waals surface area contributed by atoms with Crippen LogP contribution in [0.4, 0.5) is 13.2 Å². The highest BCUT2D eigenvalue weighted by Gasteiger charge is 2.69. The zero-order valence-electron chi connectivity index (χ0n) is 10.2. The number of ketones is 1. The second-order valence-electron chi connectivity index (χ2n) is 6.35. The molecule has 4 rings (SSSR count). The van der Waals surface area contributed by atoms with E-state index >= 15 is 0 Å². The van der Waals surface area contributed by atoms with Crippen LogP contribution in [0.5, 0.6) is 0 Å². The Morgan fingerprint density at radius 3 is 2.17 bits per heavy atom.